The zero-order chi connectivity index (χ0) is 17.2. The molecule has 24 heavy (non-hydrogen) atoms. The summed E-state index contributed by atoms with van der Waals surface area (Å²) in [5.41, 5.74) is 7.90. The Morgan fingerprint density at radius 3 is 1.88 bits per heavy atom. The Hall–Kier alpha value is -2.66. The van der Waals surface area contributed by atoms with Crippen molar-refractivity contribution in [1.29, 1.82) is 0 Å². The molecule has 5 nitrogen and oxygen atoms in total. The van der Waals surface area contributed by atoms with Gasteiger partial charge in [0.2, 0.25) is 11.8 Å². The van der Waals surface area contributed by atoms with Crippen LogP contribution in [-0.4, -0.2) is 17.9 Å². The third-order valence-corrected chi connectivity index (χ3v) is 3.66. The number of hydrogen-bond acceptors (Lipinski definition) is 3. The average Bonchev–Trinajstić information content (AvgIpc) is 2.64. The Morgan fingerprint density at radius 1 is 0.833 bits per heavy atom. The number of nitrogens with two attached hydrogens (primary N) is 1. The van der Waals surface area contributed by atoms with Gasteiger partial charge in [-0.2, -0.15) is 0 Å². The minimum absolute atomic E-state index is 0.106. The van der Waals surface area contributed by atoms with Crippen LogP contribution in [0.15, 0.2) is 60.7 Å². The monoisotopic (exact) mass is 325 g/mol. The molecule has 2 aromatic rings. The molecule has 0 saturated heterocycles. The van der Waals surface area contributed by atoms with E-state index in [2.05, 4.69) is 10.6 Å². The van der Waals surface area contributed by atoms with Crippen molar-refractivity contribution in [2.75, 3.05) is 0 Å². The molecule has 0 fully saturated rings. The second kappa shape index (κ2) is 9.47. The predicted molar refractivity (Wildman–Crippen MR) is 93.8 cm³/mol. The topological polar surface area (TPSA) is 84.2 Å². The second-order valence-corrected chi connectivity index (χ2v) is 5.61. The summed E-state index contributed by atoms with van der Waals surface area (Å²) in [4.78, 5) is 23.8. The van der Waals surface area contributed by atoms with Crippen molar-refractivity contribution in [3.05, 3.63) is 71.8 Å². The summed E-state index contributed by atoms with van der Waals surface area (Å²) in [6.45, 7) is 0.919. The molecule has 0 unspecified atom stereocenters. The van der Waals surface area contributed by atoms with E-state index < -0.39 is 6.04 Å². The molecule has 0 spiro atoms. The lowest BCUT2D eigenvalue weighted by Crippen LogP contribution is -2.41. The number of amides is 2. The van der Waals surface area contributed by atoms with Crippen LogP contribution in [0.3, 0.4) is 0 Å². The van der Waals surface area contributed by atoms with E-state index in [9.17, 15) is 9.59 Å². The van der Waals surface area contributed by atoms with Crippen molar-refractivity contribution in [3.8, 4) is 0 Å². The Bertz CT molecular complexity index is 644. The van der Waals surface area contributed by atoms with Gasteiger partial charge in [-0.3, -0.25) is 9.59 Å². The van der Waals surface area contributed by atoms with Crippen molar-refractivity contribution < 1.29 is 9.59 Å². The van der Waals surface area contributed by atoms with Crippen LogP contribution >= 0.6 is 0 Å². The molecule has 0 saturated carbocycles. The summed E-state index contributed by atoms with van der Waals surface area (Å²) < 4.78 is 0. The van der Waals surface area contributed by atoms with E-state index in [1.807, 2.05) is 60.7 Å². The number of hydrogen-bond donors (Lipinski definition) is 3. The molecular formula is C19H23N3O2. The Labute approximate surface area is 142 Å². The summed E-state index contributed by atoms with van der Waals surface area (Å²) in [5, 5.41) is 5.61. The smallest absolute Gasteiger partial charge is 0.237 e. The van der Waals surface area contributed by atoms with Gasteiger partial charge < -0.3 is 16.4 Å². The summed E-state index contributed by atoms with van der Waals surface area (Å²) in [5.74, 6) is -0.347. The fourth-order valence-corrected chi connectivity index (χ4v) is 2.22. The Kier molecular flexibility index (Phi) is 6.98. The molecular weight excluding hydrogens is 302 g/mol. The molecule has 0 heterocycles. The summed E-state index contributed by atoms with van der Waals surface area (Å²) in [6.07, 6.45) is 0.550. The van der Waals surface area contributed by atoms with Crippen LogP contribution in [0.1, 0.15) is 24.0 Å². The van der Waals surface area contributed by atoms with Crippen molar-refractivity contribution in [1.82, 2.24) is 10.6 Å². The van der Waals surface area contributed by atoms with E-state index in [-0.39, 0.29) is 18.2 Å². The lowest BCUT2D eigenvalue weighted by Gasteiger charge is -2.12. The van der Waals surface area contributed by atoms with Crippen LogP contribution in [0, 0.1) is 0 Å². The lowest BCUT2D eigenvalue weighted by atomic mass is 10.1. The van der Waals surface area contributed by atoms with E-state index in [4.69, 9.17) is 5.73 Å². The van der Waals surface area contributed by atoms with Gasteiger partial charge >= 0.3 is 0 Å². The van der Waals surface area contributed by atoms with Crippen molar-refractivity contribution >= 4 is 11.8 Å². The maximum atomic E-state index is 11.9. The average molecular weight is 325 g/mol. The van der Waals surface area contributed by atoms with E-state index in [1.54, 1.807) is 0 Å². The minimum atomic E-state index is -0.684. The lowest BCUT2D eigenvalue weighted by molar-refractivity contribution is -0.123. The van der Waals surface area contributed by atoms with Crippen LogP contribution in [0.4, 0.5) is 0 Å². The summed E-state index contributed by atoms with van der Waals surface area (Å²) in [7, 11) is 0. The molecule has 4 N–H and O–H groups in total. The highest BCUT2D eigenvalue weighted by molar-refractivity contribution is 5.82. The van der Waals surface area contributed by atoms with Gasteiger partial charge in [0.25, 0.3) is 0 Å². The molecule has 126 valence electrons. The van der Waals surface area contributed by atoms with Gasteiger partial charge in [0.05, 0.1) is 6.04 Å². The fraction of sp³-hybridized carbons (Fsp3) is 0.263. The van der Waals surface area contributed by atoms with Gasteiger partial charge in [-0.25, -0.2) is 0 Å². The SMILES string of the molecule is N[C@H](CCC(=O)NCc1ccccc1)C(=O)NCc1ccccc1. The van der Waals surface area contributed by atoms with E-state index in [0.29, 0.717) is 19.5 Å². The number of nitrogens with one attached hydrogen (secondary N) is 2. The highest BCUT2D eigenvalue weighted by atomic mass is 16.2. The van der Waals surface area contributed by atoms with Gasteiger partial charge in [0, 0.05) is 19.5 Å². The molecule has 0 aliphatic heterocycles. The minimum Gasteiger partial charge on any atom is -0.352 e. The number of benzene rings is 2. The molecule has 0 aromatic heterocycles. The van der Waals surface area contributed by atoms with E-state index >= 15 is 0 Å². The van der Waals surface area contributed by atoms with Crippen molar-refractivity contribution in [2.45, 2.75) is 32.0 Å². The first kappa shape index (κ1) is 17.7. The molecule has 5 heteroatoms. The Balaban J connectivity index is 1.65. The first-order valence-electron chi connectivity index (χ1n) is 8.03. The van der Waals surface area contributed by atoms with Gasteiger partial charge in [-0.1, -0.05) is 60.7 Å². The molecule has 0 aliphatic rings. The van der Waals surface area contributed by atoms with Crippen LogP contribution in [0.5, 0.6) is 0 Å². The molecule has 2 rings (SSSR count). The van der Waals surface area contributed by atoms with E-state index in [1.165, 1.54) is 0 Å². The predicted octanol–water partition coefficient (Wildman–Crippen LogP) is 1.73. The highest BCUT2D eigenvalue weighted by Crippen LogP contribution is 2.01. The van der Waals surface area contributed by atoms with E-state index in [0.717, 1.165) is 11.1 Å². The van der Waals surface area contributed by atoms with Crippen molar-refractivity contribution in [3.63, 3.8) is 0 Å². The summed E-state index contributed by atoms with van der Waals surface area (Å²) >= 11 is 0. The Morgan fingerprint density at radius 2 is 1.33 bits per heavy atom. The van der Waals surface area contributed by atoms with Crippen LogP contribution < -0.4 is 16.4 Å². The fourth-order valence-electron chi connectivity index (χ4n) is 2.22. The van der Waals surface area contributed by atoms with Crippen LogP contribution in [-0.2, 0) is 22.7 Å². The third kappa shape index (κ3) is 6.22. The zero-order valence-electron chi connectivity index (χ0n) is 13.6. The second-order valence-electron chi connectivity index (χ2n) is 5.61. The normalized spacial score (nSPS) is 11.5. The number of carbonyl (C=O) groups is 2. The molecule has 0 aliphatic carbocycles. The quantitative estimate of drug-likeness (QED) is 0.691. The standard InChI is InChI=1S/C19H23N3O2/c20-17(19(24)22-14-16-9-5-2-6-10-16)11-12-18(23)21-13-15-7-3-1-4-8-15/h1-10,17H,11-14,20H2,(H,21,23)(H,22,24)/t17-/m1/s1. The molecule has 2 amide bonds. The van der Waals surface area contributed by atoms with Crippen LogP contribution in [0.2, 0.25) is 0 Å². The van der Waals surface area contributed by atoms with Gasteiger partial charge in [0.15, 0.2) is 0 Å². The van der Waals surface area contributed by atoms with Crippen molar-refractivity contribution in [2.24, 2.45) is 5.73 Å². The first-order chi connectivity index (χ1) is 11.6. The maximum absolute atomic E-state index is 11.9. The molecule has 0 radical (unpaired) electrons. The first-order valence-corrected chi connectivity index (χ1v) is 8.03. The number of rotatable bonds is 8. The maximum Gasteiger partial charge on any atom is 0.237 e. The highest BCUT2D eigenvalue weighted by Gasteiger charge is 2.14. The van der Waals surface area contributed by atoms with Gasteiger partial charge in [-0.15, -0.1) is 0 Å². The summed E-state index contributed by atoms with van der Waals surface area (Å²) in [6, 6.07) is 18.6. The van der Waals surface area contributed by atoms with Crippen LogP contribution in [0.25, 0.3) is 0 Å². The molecule has 1 atom stereocenters. The molecule has 0 bridgehead atoms. The van der Waals surface area contributed by atoms with Gasteiger partial charge in [-0.05, 0) is 17.5 Å². The number of carbonyl (C=O) groups excluding carboxylic acids is 2. The zero-order valence-corrected chi connectivity index (χ0v) is 13.6. The third-order valence-electron chi connectivity index (χ3n) is 3.66. The molecule has 2 aromatic carbocycles. The van der Waals surface area contributed by atoms with Gasteiger partial charge in [0.1, 0.15) is 0 Å². The largest absolute Gasteiger partial charge is 0.352 e.